The molecule has 1 aromatic rings. The van der Waals surface area contributed by atoms with Gasteiger partial charge in [0.1, 0.15) is 0 Å². The topological polar surface area (TPSA) is 49.6 Å². The molecule has 0 fully saturated rings. The Balaban J connectivity index is 2.46. The minimum atomic E-state index is 0.101. The van der Waals surface area contributed by atoms with E-state index in [1.165, 1.54) is 12.8 Å². The molecule has 0 heterocycles. The standard InChI is InChI=1S/C15H25N3O/c1-4-5-6-11-17(2)12-15(19)18(3)14-9-7-13(16)8-10-14/h7-10H,4-6,11-12,16H2,1-3H3. The molecule has 0 unspecified atom stereocenters. The van der Waals surface area contributed by atoms with Crippen molar-refractivity contribution in [2.24, 2.45) is 0 Å². The van der Waals surface area contributed by atoms with E-state index in [9.17, 15) is 4.79 Å². The van der Waals surface area contributed by atoms with E-state index in [1.54, 1.807) is 11.9 Å². The molecular formula is C15H25N3O. The van der Waals surface area contributed by atoms with Crippen LogP contribution >= 0.6 is 0 Å². The van der Waals surface area contributed by atoms with E-state index < -0.39 is 0 Å². The van der Waals surface area contributed by atoms with Gasteiger partial charge in [0.2, 0.25) is 5.91 Å². The maximum atomic E-state index is 12.1. The molecule has 1 aromatic carbocycles. The number of nitrogens with zero attached hydrogens (tertiary/aromatic N) is 2. The maximum Gasteiger partial charge on any atom is 0.240 e. The second kappa shape index (κ2) is 7.79. The number of likely N-dealkylation sites (N-methyl/N-ethyl adjacent to an activating group) is 2. The number of nitrogens with two attached hydrogens (primary N) is 1. The fourth-order valence-corrected chi connectivity index (χ4v) is 1.89. The molecule has 0 saturated heterocycles. The van der Waals surface area contributed by atoms with Crippen LogP contribution in [0.3, 0.4) is 0 Å². The van der Waals surface area contributed by atoms with Gasteiger partial charge in [0.15, 0.2) is 0 Å². The number of benzene rings is 1. The summed E-state index contributed by atoms with van der Waals surface area (Å²) in [4.78, 5) is 15.9. The number of rotatable bonds is 7. The molecule has 19 heavy (non-hydrogen) atoms. The summed E-state index contributed by atoms with van der Waals surface area (Å²) in [6.07, 6.45) is 3.56. The second-order valence-electron chi connectivity index (χ2n) is 4.99. The highest BCUT2D eigenvalue weighted by Gasteiger charge is 2.12. The molecule has 1 amide bonds. The summed E-state index contributed by atoms with van der Waals surface area (Å²) in [7, 11) is 3.79. The molecule has 0 atom stereocenters. The Labute approximate surface area is 116 Å². The third kappa shape index (κ3) is 5.30. The molecule has 2 N–H and O–H groups in total. The number of amides is 1. The van der Waals surface area contributed by atoms with Crippen molar-refractivity contribution in [3.05, 3.63) is 24.3 Å². The van der Waals surface area contributed by atoms with E-state index in [0.717, 1.165) is 18.7 Å². The van der Waals surface area contributed by atoms with E-state index in [2.05, 4.69) is 11.8 Å². The number of carbonyl (C=O) groups is 1. The lowest BCUT2D eigenvalue weighted by atomic mass is 10.2. The van der Waals surface area contributed by atoms with E-state index in [0.29, 0.717) is 12.2 Å². The number of unbranched alkanes of at least 4 members (excludes halogenated alkanes) is 2. The largest absolute Gasteiger partial charge is 0.399 e. The first kappa shape index (κ1) is 15.5. The highest BCUT2D eigenvalue weighted by atomic mass is 16.2. The van der Waals surface area contributed by atoms with Gasteiger partial charge >= 0.3 is 0 Å². The number of hydrogen-bond donors (Lipinski definition) is 1. The second-order valence-corrected chi connectivity index (χ2v) is 4.99. The predicted molar refractivity (Wildman–Crippen MR) is 81.3 cm³/mol. The van der Waals surface area contributed by atoms with Crippen molar-refractivity contribution in [3.8, 4) is 0 Å². The Bertz CT molecular complexity index is 389. The third-order valence-corrected chi connectivity index (χ3v) is 3.20. The van der Waals surface area contributed by atoms with E-state index in [-0.39, 0.29) is 5.91 Å². The van der Waals surface area contributed by atoms with Gasteiger partial charge in [-0.15, -0.1) is 0 Å². The average Bonchev–Trinajstić information content (AvgIpc) is 2.39. The molecular weight excluding hydrogens is 238 g/mol. The molecule has 0 spiro atoms. The van der Waals surface area contributed by atoms with Crippen LogP contribution in [0.1, 0.15) is 26.2 Å². The summed E-state index contributed by atoms with van der Waals surface area (Å²) in [6.45, 7) is 3.60. The number of carbonyl (C=O) groups excluding carboxylic acids is 1. The first-order chi connectivity index (χ1) is 9.04. The van der Waals surface area contributed by atoms with Gasteiger partial charge in [-0.25, -0.2) is 0 Å². The van der Waals surface area contributed by atoms with Crippen molar-refractivity contribution >= 4 is 17.3 Å². The zero-order valence-electron chi connectivity index (χ0n) is 12.2. The molecule has 0 aliphatic heterocycles. The van der Waals surface area contributed by atoms with E-state index in [1.807, 2.05) is 31.3 Å². The predicted octanol–water partition coefficient (Wildman–Crippen LogP) is 2.35. The Morgan fingerprint density at radius 3 is 2.37 bits per heavy atom. The summed E-state index contributed by atoms with van der Waals surface area (Å²) in [6, 6.07) is 7.35. The Hall–Kier alpha value is -1.55. The van der Waals surface area contributed by atoms with Crippen LogP contribution < -0.4 is 10.6 Å². The van der Waals surface area contributed by atoms with Crippen molar-refractivity contribution in [1.29, 1.82) is 0 Å². The van der Waals surface area contributed by atoms with Gasteiger partial charge < -0.3 is 10.6 Å². The Morgan fingerprint density at radius 1 is 1.16 bits per heavy atom. The lowest BCUT2D eigenvalue weighted by molar-refractivity contribution is -0.119. The van der Waals surface area contributed by atoms with Crippen LogP contribution in [0, 0.1) is 0 Å². The molecule has 4 nitrogen and oxygen atoms in total. The smallest absolute Gasteiger partial charge is 0.240 e. The number of anilines is 2. The van der Waals surface area contributed by atoms with Crippen LogP contribution in [0.4, 0.5) is 11.4 Å². The lowest BCUT2D eigenvalue weighted by Crippen LogP contribution is -2.37. The first-order valence-electron chi connectivity index (χ1n) is 6.85. The molecule has 0 aliphatic rings. The van der Waals surface area contributed by atoms with Crippen molar-refractivity contribution in [2.45, 2.75) is 26.2 Å². The van der Waals surface area contributed by atoms with Crippen LogP contribution in [0.5, 0.6) is 0 Å². The fourth-order valence-electron chi connectivity index (χ4n) is 1.89. The lowest BCUT2D eigenvalue weighted by Gasteiger charge is -2.22. The van der Waals surface area contributed by atoms with Gasteiger partial charge in [-0.2, -0.15) is 0 Å². The normalized spacial score (nSPS) is 10.7. The minimum absolute atomic E-state index is 0.101. The summed E-state index contributed by atoms with van der Waals surface area (Å²) in [5.41, 5.74) is 7.23. The minimum Gasteiger partial charge on any atom is -0.399 e. The van der Waals surface area contributed by atoms with Gasteiger partial charge in [0.25, 0.3) is 0 Å². The maximum absolute atomic E-state index is 12.1. The van der Waals surface area contributed by atoms with Gasteiger partial charge in [-0.1, -0.05) is 19.8 Å². The number of nitrogen functional groups attached to an aromatic ring is 1. The zero-order chi connectivity index (χ0) is 14.3. The van der Waals surface area contributed by atoms with Crippen LogP contribution in [0.2, 0.25) is 0 Å². The number of hydrogen-bond acceptors (Lipinski definition) is 3. The summed E-state index contributed by atoms with van der Waals surface area (Å²) in [5, 5.41) is 0. The molecule has 1 rings (SSSR count). The SMILES string of the molecule is CCCCCN(C)CC(=O)N(C)c1ccc(N)cc1. The van der Waals surface area contributed by atoms with Crippen molar-refractivity contribution in [1.82, 2.24) is 4.90 Å². The van der Waals surface area contributed by atoms with Crippen LogP contribution in [-0.2, 0) is 4.79 Å². The molecule has 4 heteroatoms. The van der Waals surface area contributed by atoms with E-state index >= 15 is 0 Å². The average molecular weight is 263 g/mol. The monoisotopic (exact) mass is 263 g/mol. The highest BCUT2D eigenvalue weighted by Crippen LogP contribution is 2.15. The van der Waals surface area contributed by atoms with Crippen LogP contribution in [0.25, 0.3) is 0 Å². The Morgan fingerprint density at radius 2 is 1.79 bits per heavy atom. The quantitative estimate of drug-likeness (QED) is 0.607. The Kier molecular flexibility index (Phi) is 6.36. The fraction of sp³-hybridized carbons (Fsp3) is 0.533. The van der Waals surface area contributed by atoms with E-state index in [4.69, 9.17) is 5.73 Å². The van der Waals surface area contributed by atoms with Crippen molar-refractivity contribution in [3.63, 3.8) is 0 Å². The van der Waals surface area contributed by atoms with Gasteiger partial charge in [-0.05, 0) is 44.3 Å². The molecule has 0 radical (unpaired) electrons. The van der Waals surface area contributed by atoms with Crippen molar-refractivity contribution in [2.75, 3.05) is 37.8 Å². The van der Waals surface area contributed by atoms with Gasteiger partial charge in [-0.3, -0.25) is 9.69 Å². The van der Waals surface area contributed by atoms with Crippen LogP contribution in [0.15, 0.2) is 24.3 Å². The molecule has 0 aromatic heterocycles. The molecule has 0 bridgehead atoms. The highest BCUT2D eigenvalue weighted by molar-refractivity contribution is 5.94. The van der Waals surface area contributed by atoms with Gasteiger partial charge in [0.05, 0.1) is 6.54 Å². The summed E-state index contributed by atoms with van der Waals surface area (Å²) >= 11 is 0. The first-order valence-corrected chi connectivity index (χ1v) is 6.85. The summed E-state index contributed by atoms with van der Waals surface area (Å²) in [5.74, 6) is 0.101. The molecule has 106 valence electrons. The molecule has 0 saturated carbocycles. The van der Waals surface area contributed by atoms with Crippen molar-refractivity contribution < 1.29 is 4.79 Å². The summed E-state index contributed by atoms with van der Waals surface area (Å²) < 4.78 is 0. The zero-order valence-corrected chi connectivity index (χ0v) is 12.2. The third-order valence-electron chi connectivity index (χ3n) is 3.20. The van der Waals surface area contributed by atoms with Crippen LogP contribution in [-0.4, -0.2) is 38.0 Å². The molecule has 0 aliphatic carbocycles. The van der Waals surface area contributed by atoms with Gasteiger partial charge in [0, 0.05) is 18.4 Å².